The van der Waals surface area contributed by atoms with Crippen LogP contribution >= 0.6 is 0 Å². The predicted octanol–water partition coefficient (Wildman–Crippen LogP) is 3.12. The number of esters is 1. The first-order valence-electron chi connectivity index (χ1n) is 4.81. The number of carbonyl (C=O) groups excluding carboxylic acids is 1. The zero-order chi connectivity index (χ0) is 11.1. The monoisotopic (exact) mass is 194 g/mol. The van der Waals surface area contributed by atoms with Crippen molar-refractivity contribution in [2.75, 3.05) is 7.11 Å². The van der Waals surface area contributed by atoms with Crippen molar-refractivity contribution in [2.24, 2.45) is 0 Å². The molecule has 0 aliphatic carbocycles. The third-order valence-electron chi connectivity index (χ3n) is 1.87. The van der Waals surface area contributed by atoms with Crippen LogP contribution in [0.25, 0.3) is 0 Å². The molecule has 0 aliphatic rings. The van der Waals surface area contributed by atoms with E-state index in [0.717, 1.165) is 11.1 Å². The molecule has 0 amide bonds. The van der Waals surface area contributed by atoms with Crippen LogP contribution < -0.4 is 0 Å². The van der Waals surface area contributed by atoms with Gasteiger partial charge in [0.05, 0.1) is 12.7 Å². The van der Waals surface area contributed by atoms with Gasteiger partial charge in [-0.25, -0.2) is 4.79 Å². The van der Waals surface area contributed by atoms with E-state index >= 15 is 0 Å². The molecule has 2 heteroatoms. The third-order valence-corrected chi connectivity index (χ3v) is 1.87. The van der Waals surface area contributed by atoms with Crippen LogP contribution in [-0.2, 0) is 4.74 Å². The molecule has 0 aliphatic heterocycles. The van der Waals surface area contributed by atoms with Gasteiger partial charge in [0, 0.05) is 0 Å². The number of hydrogen-bond donors (Lipinski definition) is 0. The first-order chi connectivity index (χ1) is 6.66. The molecule has 0 radical (unpaired) electrons. The van der Waals surface area contributed by atoms with Crippen LogP contribution in [0.1, 0.15) is 35.3 Å². The van der Waals surface area contributed by atoms with E-state index in [1.54, 1.807) is 0 Å². The molecule has 0 saturated carbocycles. The van der Waals surface area contributed by atoms with Crippen LogP contribution in [0, 0.1) is 13.8 Å². The van der Waals surface area contributed by atoms with Gasteiger partial charge >= 0.3 is 5.97 Å². The Morgan fingerprint density at radius 2 is 1.57 bits per heavy atom. The molecule has 1 rings (SSSR count). The Bertz CT molecular complexity index is 283. The molecular formula is C12H18O2. The maximum absolute atomic E-state index is 11.2. The Hall–Kier alpha value is -1.31. The molecular weight excluding hydrogens is 176 g/mol. The van der Waals surface area contributed by atoms with Gasteiger partial charge in [0.2, 0.25) is 0 Å². The molecule has 0 atom stereocenters. The van der Waals surface area contributed by atoms with Crippen LogP contribution in [0.4, 0.5) is 0 Å². The van der Waals surface area contributed by atoms with Crippen LogP contribution in [0.5, 0.6) is 0 Å². The van der Waals surface area contributed by atoms with Gasteiger partial charge in [-0.2, -0.15) is 0 Å². The normalized spacial score (nSPS) is 8.64. The number of rotatable bonds is 1. The average molecular weight is 194 g/mol. The largest absolute Gasteiger partial charge is 0.465 e. The van der Waals surface area contributed by atoms with Gasteiger partial charge in [-0.3, -0.25) is 0 Å². The molecule has 0 unspecified atom stereocenters. The van der Waals surface area contributed by atoms with Gasteiger partial charge in [-0.1, -0.05) is 32.0 Å². The summed E-state index contributed by atoms with van der Waals surface area (Å²) < 4.78 is 4.66. The van der Waals surface area contributed by atoms with Crippen molar-refractivity contribution in [2.45, 2.75) is 27.7 Å². The second-order valence-corrected chi connectivity index (χ2v) is 2.76. The lowest BCUT2D eigenvalue weighted by atomic mass is 10.0. The van der Waals surface area contributed by atoms with E-state index in [1.165, 1.54) is 7.11 Å². The topological polar surface area (TPSA) is 26.3 Å². The van der Waals surface area contributed by atoms with Crippen molar-refractivity contribution >= 4 is 5.97 Å². The number of methoxy groups -OCH3 is 1. The predicted molar refractivity (Wildman–Crippen MR) is 58.6 cm³/mol. The minimum Gasteiger partial charge on any atom is -0.465 e. The van der Waals surface area contributed by atoms with E-state index in [2.05, 4.69) is 4.74 Å². The SMILES string of the molecule is CC.COC(=O)c1c(C)cccc1C. The number of carbonyl (C=O) groups is 1. The Balaban J connectivity index is 0.000000791. The summed E-state index contributed by atoms with van der Waals surface area (Å²) in [6.07, 6.45) is 0. The van der Waals surface area contributed by atoms with Gasteiger partial charge < -0.3 is 4.74 Å². The van der Waals surface area contributed by atoms with Crippen molar-refractivity contribution in [1.82, 2.24) is 0 Å². The van der Waals surface area contributed by atoms with Crippen molar-refractivity contribution in [3.05, 3.63) is 34.9 Å². The standard InChI is InChI=1S/C10H12O2.C2H6/c1-7-5-4-6-8(2)9(7)10(11)12-3;1-2/h4-6H,1-3H3;1-2H3. The van der Waals surface area contributed by atoms with Crippen LogP contribution in [0.15, 0.2) is 18.2 Å². The van der Waals surface area contributed by atoms with Crippen molar-refractivity contribution in [3.63, 3.8) is 0 Å². The smallest absolute Gasteiger partial charge is 0.338 e. The lowest BCUT2D eigenvalue weighted by Crippen LogP contribution is -2.05. The first-order valence-corrected chi connectivity index (χ1v) is 4.81. The molecule has 0 spiro atoms. The first kappa shape index (κ1) is 12.7. The quantitative estimate of drug-likeness (QED) is 0.642. The van der Waals surface area contributed by atoms with Crippen molar-refractivity contribution < 1.29 is 9.53 Å². The summed E-state index contributed by atoms with van der Waals surface area (Å²) in [4.78, 5) is 11.2. The molecule has 0 saturated heterocycles. The van der Waals surface area contributed by atoms with Gasteiger partial charge in [0.1, 0.15) is 0 Å². The highest BCUT2D eigenvalue weighted by atomic mass is 16.5. The second-order valence-electron chi connectivity index (χ2n) is 2.76. The third kappa shape index (κ3) is 2.87. The minimum atomic E-state index is -0.259. The summed E-state index contributed by atoms with van der Waals surface area (Å²) in [6, 6.07) is 5.73. The van der Waals surface area contributed by atoms with Crippen molar-refractivity contribution in [3.8, 4) is 0 Å². The molecule has 2 nitrogen and oxygen atoms in total. The Morgan fingerprint density at radius 1 is 1.14 bits per heavy atom. The van der Waals surface area contributed by atoms with E-state index < -0.39 is 0 Å². The molecule has 0 aromatic heterocycles. The number of hydrogen-bond acceptors (Lipinski definition) is 2. The Kier molecular flexibility index (Phi) is 5.61. The highest BCUT2D eigenvalue weighted by Gasteiger charge is 2.10. The Morgan fingerprint density at radius 3 is 1.93 bits per heavy atom. The van der Waals surface area contributed by atoms with Crippen LogP contribution in [0.2, 0.25) is 0 Å². The molecule has 1 aromatic rings. The minimum absolute atomic E-state index is 0.259. The maximum Gasteiger partial charge on any atom is 0.338 e. The number of aryl methyl sites for hydroxylation is 2. The summed E-state index contributed by atoms with van der Waals surface area (Å²) in [5, 5.41) is 0. The van der Waals surface area contributed by atoms with E-state index in [4.69, 9.17) is 0 Å². The zero-order valence-corrected chi connectivity index (χ0v) is 9.55. The van der Waals surface area contributed by atoms with Gasteiger partial charge in [-0.15, -0.1) is 0 Å². The summed E-state index contributed by atoms with van der Waals surface area (Å²) in [7, 11) is 1.40. The maximum atomic E-state index is 11.2. The fraction of sp³-hybridized carbons (Fsp3) is 0.417. The Labute approximate surface area is 85.9 Å². The lowest BCUT2D eigenvalue weighted by molar-refractivity contribution is 0.0599. The van der Waals surface area contributed by atoms with Crippen molar-refractivity contribution in [1.29, 1.82) is 0 Å². The summed E-state index contributed by atoms with van der Waals surface area (Å²) in [6.45, 7) is 7.80. The highest BCUT2D eigenvalue weighted by Crippen LogP contribution is 2.13. The fourth-order valence-corrected chi connectivity index (χ4v) is 1.24. The molecule has 0 heterocycles. The summed E-state index contributed by atoms with van der Waals surface area (Å²) >= 11 is 0. The van der Waals surface area contributed by atoms with Gasteiger partial charge in [-0.05, 0) is 25.0 Å². The summed E-state index contributed by atoms with van der Waals surface area (Å²) in [5.41, 5.74) is 2.60. The average Bonchev–Trinajstić information content (AvgIpc) is 2.20. The lowest BCUT2D eigenvalue weighted by Gasteiger charge is -2.05. The molecule has 14 heavy (non-hydrogen) atoms. The second kappa shape index (κ2) is 6.19. The molecule has 78 valence electrons. The molecule has 0 N–H and O–H groups in total. The van der Waals surface area contributed by atoms with E-state index in [-0.39, 0.29) is 5.97 Å². The van der Waals surface area contributed by atoms with Gasteiger partial charge in [0.25, 0.3) is 0 Å². The highest BCUT2D eigenvalue weighted by molar-refractivity contribution is 5.92. The molecule has 1 aromatic carbocycles. The van der Waals surface area contributed by atoms with E-state index in [0.29, 0.717) is 5.56 Å². The molecule has 0 bridgehead atoms. The fourth-order valence-electron chi connectivity index (χ4n) is 1.24. The summed E-state index contributed by atoms with van der Waals surface area (Å²) in [5.74, 6) is -0.259. The zero-order valence-electron chi connectivity index (χ0n) is 9.55. The number of benzene rings is 1. The molecule has 0 fully saturated rings. The van der Waals surface area contributed by atoms with Crippen LogP contribution in [0.3, 0.4) is 0 Å². The van der Waals surface area contributed by atoms with Gasteiger partial charge in [0.15, 0.2) is 0 Å². The van der Waals surface area contributed by atoms with E-state index in [9.17, 15) is 4.79 Å². The number of ether oxygens (including phenoxy) is 1. The van der Waals surface area contributed by atoms with E-state index in [1.807, 2.05) is 45.9 Å². The van der Waals surface area contributed by atoms with Crippen LogP contribution in [-0.4, -0.2) is 13.1 Å².